The first kappa shape index (κ1) is 29.2. The molecule has 2 rings (SSSR count). The maximum atomic E-state index is 4.65. The van der Waals surface area contributed by atoms with Crippen molar-refractivity contribution in [2.45, 2.75) is 34.1 Å². The number of benzene rings is 1. The summed E-state index contributed by atoms with van der Waals surface area (Å²) >= 11 is 0. The van der Waals surface area contributed by atoms with Gasteiger partial charge in [-0.15, -0.1) is 0 Å². The lowest BCUT2D eigenvalue weighted by molar-refractivity contribution is 0.394. The predicted molar refractivity (Wildman–Crippen MR) is 153 cm³/mol. The molecule has 7 nitrogen and oxygen atoms in total. The maximum absolute atomic E-state index is 4.65. The summed E-state index contributed by atoms with van der Waals surface area (Å²) in [5, 5.41) is 12.9. The molecule has 0 amide bonds. The molecule has 35 heavy (non-hydrogen) atoms. The van der Waals surface area contributed by atoms with Crippen molar-refractivity contribution in [3.8, 4) is 11.1 Å². The molecular weight excluding hydrogens is 434 g/mol. The first-order valence-electron chi connectivity index (χ1n) is 11.9. The number of hydrogen-bond acceptors (Lipinski definition) is 5. The number of hydrazone groups is 2. The van der Waals surface area contributed by atoms with Gasteiger partial charge in [-0.25, -0.2) is 9.98 Å². The van der Waals surface area contributed by atoms with Crippen molar-refractivity contribution < 1.29 is 0 Å². The minimum Gasteiger partial charge on any atom is -0.294 e. The van der Waals surface area contributed by atoms with Crippen LogP contribution in [-0.4, -0.2) is 67.3 Å². The van der Waals surface area contributed by atoms with E-state index in [-0.39, 0.29) is 0 Å². The highest BCUT2D eigenvalue weighted by atomic mass is 15.4. The summed E-state index contributed by atoms with van der Waals surface area (Å²) in [5.74, 6) is 1.03. The molecule has 0 bridgehead atoms. The Morgan fingerprint density at radius 1 is 0.829 bits per heavy atom. The third-order valence-electron chi connectivity index (χ3n) is 4.67. The van der Waals surface area contributed by atoms with E-state index in [4.69, 9.17) is 0 Å². The summed E-state index contributed by atoms with van der Waals surface area (Å²) in [6.07, 6.45) is 12.7. The van der Waals surface area contributed by atoms with Crippen LogP contribution < -0.4 is 0 Å². The second kappa shape index (κ2) is 16.7. The Balaban J connectivity index is 0.00000298. The van der Waals surface area contributed by atoms with Crippen LogP contribution in [-0.2, 0) is 0 Å². The van der Waals surface area contributed by atoms with Crippen molar-refractivity contribution in [3.63, 3.8) is 0 Å². The molecule has 7 heteroatoms. The van der Waals surface area contributed by atoms with E-state index in [1.807, 2.05) is 87.4 Å². The van der Waals surface area contributed by atoms with Crippen molar-refractivity contribution in [1.82, 2.24) is 15.0 Å². The number of aliphatic imine (C=N–C) groups is 2. The summed E-state index contributed by atoms with van der Waals surface area (Å²) in [7, 11) is 3.81. The lowest BCUT2D eigenvalue weighted by atomic mass is 9.99. The van der Waals surface area contributed by atoms with Gasteiger partial charge in [-0.1, -0.05) is 45.1 Å². The molecule has 0 radical (unpaired) electrons. The highest BCUT2D eigenvalue weighted by molar-refractivity contribution is 6.07. The van der Waals surface area contributed by atoms with Crippen molar-refractivity contribution in [3.05, 3.63) is 78.2 Å². The maximum Gasteiger partial charge on any atom is 0.178 e. The standard InChI is InChI=1S/C26H33N7.C2H6/c1-7-9-11-17-33(6)31-26(28-4)24-19-22(21-12-14-29-15-13-21)18-23(20-24)25(27-3)30-32(5)16-10-8-2;1-2/h8-15,18-20H,3-4,7,16-17H2,1-2,5-6H3;1-2H3/b10-8-,11-9-,30-25-,31-26-;. The molecule has 0 N–H and O–H groups in total. The van der Waals surface area contributed by atoms with Gasteiger partial charge in [-0.2, -0.15) is 10.2 Å². The van der Waals surface area contributed by atoms with E-state index in [0.717, 1.165) is 28.7 Å². The fraction of sp³-hybridized carbons (Fsp3) is 0.321. The average molecular weight is 474 g/mol. The third-order valence-corrected chi connectivity index (χ3v) is 4.67. The molecule has 186 valence electrons. The summed E-state index contributed by atoms with van der Waals surface area (Å²) in [6, 6.07) is 9.94. The van der Waals surface area contributed by atoms with Crippen molar-refractivity contribution in [1.29, 1.82) is 0 Å². The molecule has 0 spiro atoms. The summed E-state index contributed by atoms with van der Waals surface area (Å²) in [5.41, 5.74) is 3.61. The van der Waals surface area contributed by atoms with Gasteiger partial charge in [0.1, 0.15) is 0 Å². The van der Waals surface area contributed by atoms with Crippen LogP contribution in [0, 0.1) is 0 Å². The molecule has 1 aromatic carbocycles. The van der Waals surface area contributed by atoms with E-state index in [1.165, 1.54) is 0 Å². The lowest BCUT2D eigenvalue weighted by Gasteiger charge is -2.15. The van der Waals surface area contributed by atoms with Crippen LogP contribution in [0.5, 0.6) is 0 Å². The molecule has 0 saturated heterocycles. The third kappa shape index (κ3) is 9.88. The molecule has 0 saturated carbocycles. The minimum absolute atomic E-state index is 0.516. The van der Waals surface area contributed by atoms with Gasteiger partial charge in [0.15, 0.2) is 11.7 Å². The van der Waals surface area contributed by atoms with E-state index in [9.17, 15) is 0 Å². The monoisotopic (exact) mass is 473 g/mol. The molecule has 0 aliphatic heterocycles. The summed E-state index contributed by atoms with van der Waals surface area (Å²) in [4.78, 5) is 12.5. The molecule has 0 aliphatic carbocycles. The fourth-order valence-electron chi connectivity index (χ4n) is 3.01. The van der Waals surface area contributed by atoms with Gasteiger partial charge in [-0.3, -0.25) is 15.0 Å². The van der Waals surface area contributed by atoms with E-state index in [0.29, 0.717) is 24.8 Å². The molecule has 0 unspecified atom stereocenters. The molecular formula is C28H39N7. The SMILES string of the molecule is C=N/C(=N\N(C)C/C=C\C)c1cc(/C(N=C)=N/N(C)C/C=C\CC)cc(-c2ccncc2)c1.CC. The Morgan fingerprint density at radius 2 is 1.34 bits per heavy atom. The highest BCUT2D eigenvalue weighted by Crippen LogP contribution is 2.24. The van der Waals surface area contributed by atoms with Gasteiger partial charge in [-0.05, 0) is 68.2 Å². The molecule has 0 aliphatic rings. The zero-order valence-electron chi connectivity index (χ0n) is 22.0. The van der Waals surface area contributed by atoms with Crippen LogP contribution in [0.4, 0.5) is 0 Å². The Labute approximate surface area is 211 Å². The van der Waals surface area contributed by atoms with Crippen molar-refractivity contribution in [2.24, 2.45) is 20.2 Å². The summed E-state index contributed by atoms with van der Waals surface area (Å²) < 4.78 is 0. The topological polar surface area (TPSA) is 68.8 Å². The number of nitrogens with zero attached hydrogens (tertiary/aromatic N) is 7. The first-order valence-corrected chi connectivity index (χ1v) is 11.9. The van der Waals surface area contributed by atoms with Gasteiger partial charge in [0.2, 0.25) is 0 Å². The second-order valence-corrected chi connectivity index (χ2v) is 7.33. The second-order valence-electron chi connectivity index (χ2n) is 7.33. The number of pyridine rings is 1. The van der Waals surface area contributed by atoms with Crippen LogP contribution in [0.25, 0.3) is 11.1 Å². The molecule has 0 fully saturated rings. The highest BCUT2D eigenvalue weighted by Gasteiger charge is 2.12. The fourth-order valence-corrected chi connectivity index (χ4v) is 3.01. The average Bonchev–Trinajstić information content (AvgIpc) is 2.90. The van der Waals surface area contributed by atoms with E-state index in [1.54, 1.807) is 12.4 Å². The number of allylic oxidation sites excluding steroid dienone is 2. The minimum atomic E-state index is 0.516. The van der Waals surface area contributed by atoms with Crippen LogP contribution in [0.15, 0.2) is 87.2 Å². The van der Waals surface area contributed by atoms with E-state index < -0.39 is 0 Å². The smallest absolute Gasteiger partial charge is 0.178 e. The molecule has 2 aromatic rings. The molecule has 1 heterocycles. The van der Waals surface area contributed by atoms with Gasteiger partial charge in [0.05, 0.1) is 13.1 Å². The number of aromatic nitrogens is 1. The first-order chi connectivity index (χ1) is 17.0. The van der Waals surface area contributed by atoms with E-state index >= 15 is 0 Å². The molecule has 1 aromatic heterocycles. The number of hydrogen-bond donors (Lipinski definition) is 0. The lowest BCUT2D eigenvalue weighted by Crippen LogP contribution is -2.16. The van der Waals surface area contributed by atoms with Crippen LogP contribution in [0.2, 0.25) is 0 Å². The van der Waals surface area contributed by atoms with Crippen LogP contribution >= 0.6 is 0 Å². The van der Waals surface area contributed by atoms with Gasteiger partial charge >= 0.3 is 0 Å². The Kier molecular flexibility index (Phi) is 13.9. The van der Waals surface area contributed by atoms with Crippen LogP contribution in [0.1, 0.15) is 45.2 Å². The zero-order chi connectivity index (χ0) is 26.1. The summed E-state index contributed by atoms with van der Waals surface area (Å²) in [6.45, 7) is 16.9. The van der Waals surface area contributed by atoms with E-state index in [2.05, 4.69) is 57.7 Å². The predicted octanol–water partition coefficient (Wildman–Crippen LogP) is 5.91. The Hall–Kier alpha value is -3.87. The van der Waals surface area contributed by atoms with Crippen LogP contribution in [0.3, 0.4) is 0 Å². The van der Waals surface area contributed by atoms with Crippen molar-refractivity contribution >= 4 is 25.1 Å². The quantitative estimate of drug-likeness (QED) is 0.187. The number of likely N-dealkylation sites (N-methyl/N-ethyl adjacent to an activating group) is 2. The molecule has 0 atom stereocenters. The van der Waals surface area contributed by atoms with Crippen molar-refractivity contribution in [2.75, 3.05) is 27.2 Å². The zero-order valence-corrected chi connectivity index (χ0v) is 22.0. The number of amidine groups is 2. The normalized spacial score (nSPS) is 11.8. The number of rotatable bonds is 10. The van der Waals surface area contributed by atoms with Gasteiger partial charge < -0.3 is 0 Å². The Morgan fingerprint density at radius 3 is 1.80 bits per heavy atom. The Bertz CT molecular complexity index is 1040. The van der Waals surface area contributed by atoms with Gasteiger partial charge in [0.25, 0.3) is 0 Å². The van der Waals surface area contributed by atoms with Gasteiger partial charge in [0, 0.05) is 37.6 Å². The largest absolute Gasteiger partial charge is 0.294 e.